The lowest BCUT2D eigenvalue weighted by molar-refractivity contribution is 0.0524. The van der Waals surface area contributed by atoms with E-state index in [1.165, 1.54) is 22.3 Å². The molecule has 0 radical (unpaired) electrons. The van der Waals surface area contributed by atoms with Gasteiger partial charge >= 0.3 is 0 Å². The Hall–Kier alpha value is -2.82. The normalized spacial score (nSPS) is 18.5. The number of benzene rings is 3. The minimum atomic E-state index is 0.307. The van der Waals surface area contributed by atoms with E-state index in [1.807, 2.05) is 0 Å². The molecule has 0 saturated heterocycles. The number of rotatable bonds is 4. The molecule has 3 aromatic carbocycles. The van der Waals surface area contributed by atoms with Crippen LogP contribution in [0.1, 0.15) is 48.2 Å². The molecule has 0 bridgehead atoms. The SMILES string of the molecule is C[C@@H](c1ccccc1)N1COc2cc3c(cc2C1)CN([C@@H](C)c1ccccc1)CO3. The average molecular weight is 401 g/mol. The topological polar surface area (TPSA) is 24.9 Å². The Kier molecular flexibility index (Phi) is 5.19. The Morgan fingerprint density at radius 2 is 1.07 bits per heavy atom. The Labute approximate surface area is 178 Å². The standard InChI is InChI=1S/C26H28N2O2/c1-19(21-9-5-3-6-10-21)27-15-23-13-24-16-28(20(2)22-11-7-4-8-12-22)18-30-26(24)14-25(23)29-17-27/h3-14,19-20H,15-18H2,1-2H3/t19-,20-/m0/s1. The van der Waals surface area contributed by atoms with Gasteiger partial charge in [-0.2, -0.15) is 0 Å². The van der Waals surface area contributed by atoms with Gasteiger partial charge in [0.25, 0.3) is 0 Å². The van der Waals surface area contributed by atoms with Crippen LogP contribution in [0, 0.1) is 0 Å². The zero-order valence-corrected chi connectivity index (χ0v) is 17.6. The molecule has 2 aliphatic rings. The summed E-state index contributed by atoms with van der Waals surface area (Å²) in [4.78, 5) is 4.75. The van der Waals surface area contributed by atoms with Gasteiger partial charge in [0.1, 0.15) is 25.0 Å². The van der Waals surface area contributed by atoms with E-state index in [2.05, 4.69) is 96.4 Å². The van der Waals surface area contributed by atoms with Crippen molar-refractivity contribution < 1.29 is 9.47 Å². The first kappa shape index (κ1) is 19.2. The number of ether oxygens (including phenoxy) is 2. The Bertz CT molecular complexity index is 928. The van der Waals surface area contributed by atoms with Gasteiger partial charge in [0.15, 0.2) is 0 Å². The maximum atomic E-state index is 6.12. The van der Waals surface area contributed by atoms with Crippen LogP contribution in [0.3, 0.4) is 0 Å². The fourth-order valence-corrected chi connectivity index (χ4v) is 4.39. The first-order valence-electron chi connectivity index (χ1n) is 10.7. The molecule has 0 saturated carbocycles. The Morgan fingerprint density at radius 3 is 1.50 bits per heavy atom. The van der Waals surface area contributed by atoms with Crippen LogP contribution in [0.4, 0.5) is 0 Å². The van der Waals surface area contributed by atoms with Crippen LogP contribution < -0.4 is 9.47 Å². The zero-order valence-electron chi connectivity index (χ0n) is 17.6. The van der Waals surface area contributed by atoms with Gasteiger partial charge in [-0.25, -0.2) is 0 Å². The Morgan fingerprint density at radius 1 is 0.633 bits per heavy atom. The largest absolute Gasteiger partial charge is 0.478 e. The van der Waals surface area contributed by atoms with E-state index in [0.717, 1.165) is 24.6 Å². The molecule has 30 heavy (non-hydrogen) atoms. The van der Waals surface area contributed by atoms with Crippen molar-refractivity contribution in [3.63, 3.8) is 0 Å². The lowest BCUT2D eigenvalue weighted by Crippen LogP contribution is -2.36. The summed E-state index contributed by atoms with van der Waals surface area (Å²) in [6.45, 7) is 7.45. The van der Waals surface area contributed by atoms with Crippen LogP contribution in [0.2, 0.25) is 0 Å². The molecule has 5 rings (SSSR count). The fourth-order valence-electron chi connectivity index (χ4n) is 4.39. The maximum absolute atomic E-state index is 6.12. The predicted molar refractivity (Wildman–Crippen MR) is 118 cm³/mol. The maximum Gasteiger partial charge on any atom is 0.142 e. The van der Waals surface area contributed by atoms with Crippen LogP contribution in [0.25, 0.3) is 0 Å². The summed E-state index contributed by atoms with van der Waals surface area (Å²) in [5, 5.41) is 0. The van der Waals surface area contributed by atoms with Crippen LogP contribution in [0.5, 0.6) is 11.5 Å². The molecule has 0 spiro atoms. The van der Waals surface area contributed by atoms with Gasteiger partial charge in [-0.1, -0.05) is 60.7 Å². The molecular formula is C26H28N2O2. The molecule has 4 nitrogen and oxygen atoms in total. The molecule has 2 atom stereocenters. The van der Waals surface area contributed by atoms with E-state index in [-0.39, 0.29) is 0 Å². The van der Waals surface area contributed by atoms with E-state index < -0.39 is 0 Å². The summed E-state index contributed by atoms with van der Waals surface area (Å²) < 4.78 is 12.2. The fraction of sp³-hybridized carbons (Fsp3) is 0.308. The van der Waals surface area contributed by atoms with Crippen LogP contribution in [-0.4, -0.2) is 23.3 Å². The summed E-state index contributed by atoms with van der Waals surface area (Å²) in [5.74, 6) is 1.91. The van der Waals surface area contributed by atoms with Crippen molar-refractivity contribution in [1.82, 2.24) is 9.80 Å². The van der Waals surface area contributed by atoms with Gasteiger partial charge in [-0.05, 0) is 31.0 Å². The highest BCUT2D eigenvalue weighted by molar-refractivity contribution is 5.48. The van der Waals surface area contributed by atoms with Crippen molar-refractivity contribution in [2.24, 2.45) is 0 Å². The third-order valence-electron chi connectivity index (χ3n) is 6.42. The van der Waals surface area contributed by atoms with Gasteiger partial charge in [0.05, 0.1) is 0 Å². The summed E-state index contributed by atoms with van der Waals surface area (Å²) in [7, 11) is 0. The second-order valence-electron chi connectivity index (χ2n) is 8.28. The van der Waals surface area contributed by atoms with E-state index in [9.17, 15) is 0 Å². The molecule has 4 heteroatoms. The van der Waals surface area contributed by atoms with Crippen molar-refractivity contribution in [3.05, 3.63) is 95.1 Å². The predicted octanol–water partition coefficient (Wildman–Crippen LogP) is 5.51. The second kappa shape index (κ2) is 8.13. The minimum absolute atomic E-state index is 0.307. The van der Waals surface area contributed by atoms with Gasteiger partial charge in [-0.3, -0.25) is 9.80 Å². The van der Waals surface area contributed by atoms with Crippen LogP contribution in [-0.2, 0) is 13.1 Å². The third kappa shape index (κ3) is 3.69. The number of hydrogen-bond acceptors (Lipinski definition) is 4. The molecule has 0 aromatic heterocycles. The molecule has 3 aromatic rings. The number of hydrogen-bond donors (Lipinski definition) is 0. The molecule has 2 heterocycles. The molecule has 0 unspecified atom stereocenters. The molecule has 2 aliphatic heterocycles. The number of nitrogens with zero attached hydrogens (tertiary/aromatic N) is 2. The van der Waals surface area contributed by atoms with Gasteiger partial charge in [-0.15, -0.1) is 0 Å². The summed E-state index contributed by atoms with van der Waals surface area (Å²) in [5.41, 5.74) is 5.10. The molecule has 0 aliphatic carbocycles. The van der Waals surface area contributed by atoms with E-state index in [0.29, 0.717) is 25.5 Å². The van der Waals surface area contributed by atoms with E-state index in [1.54, 1.807) is 0 Å². The quantitative estimate of drug-likeness (QED) is 0.576. The van der Waals surface area contributed by atoms with Crippen LogP contribution >= 0.6 is 0 Å². The summed E-state index contributed by atoms with van der Waals surface area (Å²) in [6, 6.07) is 26.2. The third-order valence-corrected chi connectivity index (χ3v) is 6.42. The summed E-state index contributed by atoms with van der Waals surface area (Å²) in [6.07, 6.45) is 0. The molecular weight excluding hydrogens is 372 g/mol. The Balaban J connectivity index is 1.35. The molecule has 0 N–H and O–H groups in total. The zero-order chi connectivity index (χ0) is 20.5. The van der Waals surface area contributed by atoms with Gasteiger partial charge in [0, 0.05) is 42.4 Å². The lowest BCUT2D eigenvalue weighted by atomic mass is 10.0. The highest BCUT2D eigenvalue weighted by atomic mass is 16.5. The van der Waals surface area contributed by atoms with Crippen molar-refractivity contribution >= 4 is 0 Å². The monoisotopic (exact) mass is 400 g/mol. The second-order valence-corrected chi connectivity index (χ2v) is 8.28. The first-order valence-corrected chi connectivity index (χ1v) is 10.7. The molecule has 0 amide bonds. The van der Waals surface area contributed by atoms with Crippen molar-refractivity contribution in [1.29, 1.82) is 0 Å². The smallest absolute Gasteiger partial charge is 0.142 e. The molecule has 154 valence electrons. The van der Waals surface area contributed by atoms with E-state index >= 15 is 0 Å². The lowest BCUT2D eigenvalue weighted by Gasteiger charge is -2.37. The van der Waals surface area contributed by atoms with Crippen molar-refractivity contribution in [3.8, 4) is 11.5 Å². The summed E-state index contributed by atoms with van der Waals surface area (Å²) >= 11 is 0. The first-order chi connectivity index (χ1) is 14.7. The molecule has 0 fully saturated rings. The number of fused-ring (bicyclic) bond motifs is 2. The minimum Gasteiger partial charge on any atom is -0.478 e. The van der Waals surface area contributed by atoms with Crippen molar-refractivity contribution in [2.45, 2.75) is 39.0 Å². The van der Waals surface area contributed by atoms with Gasteiger partial charge in [0.2, 0.25) is 0 Å². The average Bonchev–Trinajstić information content (AvgIpc) is 2.82. The van der Waals surface area contributed by atoms with Crippen molar-refractivity contribution in [2.75, 3.05) is 13.5 Å². The van der Waals surface area contributed by atoms with Gasteiger partial charge < -0.3 is 9.47 Å². The van der Waals surface area contributed by atoms with Crippen LogP contribution in [0.15, 0.2) is 72.8 Å². The van der Waals surface area contributed by atoms with E-state index in [4.69, 9.17) is 9.47 Å². The highest BCUT2D eigenvalue weighted by Gasteiger charge is 2.28. The highest BCUT2D eigenvalue weighted by Crippen LogP contribution is 2.38.